The van der Waals surface area contributed by atoms with E-state index in [2.05, 4.69) is 17.2 Å². The molecule has 2 aliphatic carbocycles. The molecule has 2 fully saturated rings. The van der Waals surface area contributed by atoms with Crippen molar-refractivity contribution in [2.45, 2.75) is 56.7 Å². The van der Waals surface area contributed by atoms with Crippen LogP contribution >= 0.6 is 0 Å². The van der Waals surface area contributed by atoms with E-state index < -0.39 is 6.10 Å². The maximum atomic E-state index is 11.0. The van der Waals surface area contributed by atoms with Crippen molar-refractivity contribution in [3.63, 3.8) is 0 Å². The van der Waals surface area contributed by atoms with Gasteiger partial charge in [0.1, 0.15) is 0 Å². The Labute approximate surface area is 124 Å². The maximum Gasteiger partial charge on any atom is 0.0992 e. The molecule has 2 aromatic heterocycles. The van der Waals surface area contributed by atoms with Crippen LogP contribution in [-0.4, -0.2) is 25.7 Å². The molecule has 0 saturated heterocycles. The van der Waals surface area contributed by atoms with Gasteiger partial charge in [-0.3, -0.25) is 0 Å². The molecule has 0 radical (unpaired) electrons. The van der Waals surface area contributed by atoms with E-state index in [9.17, 15) is 10.2 Å². The fourth-order valence-electron chi connectivity index (χ4n) is 3.76. The number of hydrogen-bond acceptors (Lipinski definition) is 3. The number of nitrogens with zero attached hydrogens (tertiary/aromatic N) is 2. The summed E-state index contributed by atoms with van der Waals surface area (Å²) in [6.07, 6.45) is 11.0. The van der Waals surface area contributed by atoms with E-state index in [1.54, 1.807) is 6.33 Å². The number of rotatable bonds is 3. The molecule has 4 rings (SSSR count). The molecule has 0 aromatic carbocycles. The highest BCUT2D eigenvalue weighted by molar-refractivity contribution is 5.59. The smallest absolute Gasteiger partial charge is 0.0992 e. The molecule has 2 aliphatic rings. The summed E-state index contributed by atoms with van der Waals surface area (Å²) in [4.78, 5) is 4.23. The first-order valence-electron chi connectivity index (χ1n) is 8.04. The lowest BCUT2D eigenvalue weighted by Gasteiger charge is -2.30. The van der Waals surface area contributed by atoms with Crippen LogP contribution in [0.3, 0.4) is 0 Å². The van der Waals surface area contributed by atoms with E-state index in [0.29, 0.717) is 5.92 Å². The van der Waals surface area contributed by atoms with Crippen LogP contribution in [0.4, 0.5) is 0 Å². The summed E-state index contributed by atoms with van der Waals surface area (Å²) < 4.78 is 2.00. The lowest BCUT2D eigenvalue weighted by Crippen LogP contribution is -2.24. The van der Waals surface area contributed by atoms with Crippen LogP contribution in [0.15, 0.2) is 24.8 Å². The number of aliphatic hydroxyl groups excluding tert-OH is 2. The quantitative estimate of drug-likeness (QED) is 0.912. The summed E-state index contributed by atoms with van der Waals surface area (Å²) in [6.45, 7) is 0. The first-order valence-corrected chi connectivity index (χ1v) is 8.04. The molecule has 4 heteroatoms. The van der Waals surface area contributed by atoms with Crippen LogP contribution in [0.25, 0.3) is 5.52 Å². The monoisotopic (exact) mass is 286 g/mol. The highest BCUT2D eigenvalue weighted by Crippen LogP contribution is 2.46. The molecule has 0 bridgehead atoms. The first-order chi connectivity index (χ1) is 10.2. The number of hydrogen-bond donors (Lipinski definition) is 2. The van der Waals surface area contributed by atoms with Gasteiger partial charge in [0, 0.05) is 11.8 Å². The fraction of sp³-hybridized carbons (Fsp3) is 0.588. The van der Waals surface area contributed by atoms with Crippen LogP contribution in [0.2, 0.25) is 0 Å². The van der Waals surface area contributed by atoms with Gasteiger partial charge in [-0.05, 0) is 62.0 Å². The molecule has 112 valence electrons. The molecule has 0 aliphatic heterocycles. The lowest BCUT2D eigenvalue weighted by atomic mass is 9.80. The van der Waals surface area contributed by atoms with Crippen molar-refractivity contribution in [2.75, 3.05) is 0 Å². The van der Waals surface area contributed by atoms with Gasteiger partial charge in [-0.25, -0.2) is 4.98 Å². The van der Waals surface area contributed by atoms with Gasteiger partial charge in [-0.2, -0.15) is 0 Å². The number of aromatic nitrogens is 2. The van der Waals surface area contributed by atoms with Crippen LogP contribution < -0.4 is 0 Å². The van der Waals surface area contributed by atoms with E-state index in [4.69, 9.17) is 0 Å². The molecular weight excluding hydrogens is 264 g/mol. The maximum absolute atomic E-state index is 11.0. The Hall–Kier alpha value is -1.39. The molecule has 0 unspecified atom stereocenters. The summed E-state index contributed by atoms with van der Waals surface area (Å²) in [5.74, 6) is 0.871. The highest BCUT2D eigenvalue weighted by atomic mass is 16.3. The minimum atomic E-state index is -0.437. The van der Waals surface area contributed by atoms with Gasteiger partial charge in [-0.15, -0.1) is 0 Å². The molecule has 0 spiro atoms. The molecule has 2 heterocycles. The fourth-order valence-corrected chi connectivity index (χ4v) is 3.76. The highest BCUT2D eigenvalue weighted by Gasteiger charge is 2.33. The zero-order valence-electron chi connectivity index (χ0n) is 12.2. The molecule has 2 aromatic rings. The third-order valence-corrected chi connectivity index (χ3v) is 5.17. The number of aliphatic hydroxyl groups is 2. The number of fused-ring (bicyclic) bond motifs is 1. The molecular formula is C17H22N2O2. The predicted molar refractivity (Wildman–Crippen MR) is 80.1 cm³/mol. The summed E-state index contributed by atoms with van der Waals surface area (Å²) in [7, 11) is 0. The standard InChI is InChI=1S/C17H22N2O2/c20-13-5-3-12(4-6-13)17(21)16-14(11-1-2-11)7-8-19-10-18-9-15(16)19/h7-13,17,20-21H,1-6H2/t12?,13?,17-/m0/s1. The van der Waals surface area contributed by atoms with Crippen LogP contribution in [0.1, 0.15) is 61.7 Å². The van der Waals surface area contributed by atoms with Gasteiger partial charge in [0.05, 0.1) is 30.2 Å². The van der Waals surface area contributed by atoms with Crippen molar-refractivity contribution >= 4 is 5.52 Å². The van der Waals surface area contributed by atoms with E-state index in [1.165, 1.54) is 18.4 Å². The third kappa shape index (κ3) is 2.36. The Kier molecular flexibility index (Phi) is 3.23. The Morgan fingerprint density at radius 2 is 1.90 bits per heavy atom. The number of pyridine rings is 1. The second-order valence-corrected chi connectivity index (χ2v) is 6.66. The van der Waals surface area contributed by atoms with E-state index in [0.717, 1.165) is 36.8 Å². The van der Waals surface area contributed by atoms with E-state index in [1.807, 2.05) is 10.6 Å². The SMILES string of the molecule is OC1CCC([C@H](O)c2c(C3CC3)ccn3cncc23)CC1. The summed E-state index contributed by atoms with van der Waals surface area (Å²) >= 11 is 0. The Morgan fingerprint density at radius 3 is 2.62 bits per heavy atom. The van der Waals surface area contributed by atoms with Gasteiger partial charge < -0.3 is 14.6 Å². The minimum Gasteiger partial charge on any atom is -0.393 e. The normalized spacial score (nSPS) is 27.9. The van der Waals surface area contributed by atoms with Crippen LogP contribution in [0.5, 0.6) is 0 Å². The molecule has 2 saturated carbocycles. The Morgan fingerprint density at radius 1 is 1.14 bits per heavy atom. The summed E-state index contributed by atoms with van der Waals surface area (Å²) in [5, 5.41) is 20.7. The Balaban J connectivity index is 1.73. The van der Waals surface area contributed by atoms with Gasteiger partial charge in [0.25, 0.3) is 0 Å². The van der Waals surface area contributed by atoms with Gasteiger partial charge >= 0.3 is 0 Å². The van der Waals surface area contributed by atoms with E-state index in [-0.39, 0.29) is 12.0 Å². The second kappa shape index (κ2) is 5.11. The molecule has 2 N–H and O–H groups in total. The van der Waals surface area contributed by atoms with Crippen molar-refractivity contribution in [3.8, 4) is 0 Å². The van der Waals surface area contributed by atoms with E-state index >= 15 is 0 Å². The van der Waals surface area contributed by atoms with Crippen LogP contribution in [0, 0.1) is 5.92 Å². The zero-order chi connectivity index (χ0) is 14.4. The molecule has 1 atom stereocenters. The lowest BCUT2D eigenvalue weighted by molar-refractivity contribution is 0.0415. The summed E-state index contributed by atoms with van der Waals surface area (Å²) in [5.41, 5.74) is 3.43. The first kappa shape index (κ1) is 13.3. The minimum absolute atomic E-state index is 0.179. The van der Waals surface area contributed by atoms with Crippen molar-refractivity contribution in [1.29, 1.82) is 0 Å². The average Bonchev–Trinajstić information content (AvgIpc) is 3.23. The van der Waals surface area contributed by atoms with Gasteiger partial charge in [0.15, 0.2) is 0 Å². The van der Waals surface area contributed by atoms with Crippen LogP contribution in [-0.2, 0) is 0 Å². The second-order valence-electron chi connectivity index (χ2n) is 6.66. The predicted octanol–water partition coefficient (Wildman–Crippen LogP) is 2.80. The van der Waals surface area contributed by atoms with Gasteiger partial charge in [-0.1, -0.05) is 0 Å². The van der Waals surface area contributed by atoms with Crippen molar-refractivity contribution in [1.82, 2.24) is 9.38 Å². The van der Waals surface area contributed by atoms with Gasteiger partial charge in [0.2, 0.25) is 0 Å². The molecule has 0 amide bonds. The number of imidazole rings is 1. The Bertz CT molecular complexity index is 639. The van der Waals surface area contributed by atoms with Crippen molar-refractivity contribution < 1.29 is 10.2 Å². The van der Waals surface area contributed by atoms with Crippen molar-refractivity contribution in [2.24, 2.45) is 5.92 Å². The third-order valence-electron chi connectivity index (χ3n) is 5.17. The molecule has 21 heavy (non-hydrogen) atoms. The average molecular weight is 286 g/mol. The zero-order valence-corrected chi connectivity index (χ0v) is 12.2. The molecule has 4 nitrogen and oxygen atoms in total. The topological polar surface area (TPSA) is 57.8 Å². The largest absolute Gasteiger partial charge is 0.393 e. The summed E-state index contributed by atoms with van der Waals surface area (Å²) in [6, 6.07) is 2.16. The van der Waals surface area contributed by atoms with Crippen molar-refractivity contribution in [3.05, 3.63) is 35.9 Å².